The van der Waals surface area contributed by atoms with Crippen molar-refractivity contribution in [1.29, 1.82) is 0 Å². The van der Waals surface area contributed by atoms with Gasteiger partial charge in [0, 0.05) is 23.4 Å². The molecule has 1 N–H and O–H groups in total. The average Bonchev–Trinajstić information content (AvgIpc) is 3.00. The van der Waals surface area contributed by atoms with E-state index in [0.717, 1.165) is 22.5 Å². The zero-order valence-electron chi connectivity index (χ0n) is 17.4. The Morgan fingerprint density at radius 3 is 2.57 bits per heavy atom. The second-order valence-electron chi connectivity index (χ2n) is 7.12. The largest absolute Gasteiger partial charge is 0.496 e. The number of nitrogens with zero attached hydrogens (tertiary/aromatic N) is 1. The standard InChI is InChI=1S/C23H24N2O4S/c1-14-6-5-7-17(10-14)12-24-22(27)21-15(2)25(23(28)30-21)13-19-11-18(16(3)26)8-9-20(19)29-4/h5-11H,12-13H2,1-4H3,(H,24,27). The average molecular weight is 425 g/mol. The summed E-state index contributed by atoms with van der Waals surface area (Å²) < 4.78 is 6.92. The van der Waals surface area contributed by atoms with E-state index in [1.54, 1.807) is 32.2 Å². The van der Waals surface area contributed by atoms with Gasteiger partial charge >= 0.3 is 4.87 Å². The zero-order valence-corrected chi connectivity index (χ0v) is 18.3. The van der Waals surface area contributed by atoms with Gasteiger partial charge in [-0.15, -0.1) is 0 Å². The van der Waals surface area contributed by atoms with E-state index in [2.05, 4.69) is 5.32 Å². The highest BCUT2D eigenvalue weighted by molar-refractivity contribution is 7.11. The summed E-state index contributed by atoms with van der Waals surface area (Å²) in [5.41, 5.74) is 3.96. The lowest BCUT2D eigenvalue weighted by molar-refractivity contribution is 0.0952. The maximum atomic E-state index is 12.7. The third-order valence-electron chi connectivity index (χ3n) is 4.90. The lowest BCUT2D eigenvalue weighted by atomic mass is 10.1. The highest BCUT2D eigenvalue weighted by atomic mass is 32.1. The first-order chi connectivity index (χ1) is 14.3. The molecule has 6 nitrogen and oxygen atoms in total. The maximum absolute atomic E-state index is 12.7. The minimum atomic E-state index is -0.278. The topological polar surface area (TPSA) is 77.4 Å². The van der Waals surface area contributed by atoms with Crippen LogP contribution in [-0.2, 0) is 13.1 Å². The van der Waals surface area contributed by atoms with Crippen LogP contribution in [0.25, 0.3) is 0 Å². The molecule has 3 rings (SSSR count). The fraction of sp³-hybridized carbons (Fsp3) is 0.261. The van der Waals surface area contributed by atoms with E-state index in [-0.39, 0.29) is 23.1 Å². The number of aromatic nitrogens is 1. The molecule has 0 radical (unpaired) electrons. The van der Waals surface area contributed by atoms with Crippen molar-refractivity contribution in [2.24, 2.45) is 0 Å². The molecular weight excluding hydrogens is 400 g/mol. The summed E-state index contributed by atoms with van der Waals surface area (Å²) in [6.45, 7) is 5.85. The van der Waals surface area contributed by atoms with Gasteiger partial charge in [-0.1, -0.05) is 41.2 Å². The molecule has 0 spiro atoms. The Morgan fingerprint density at radius 1 is 1.13 bits per heavy atom. The molecule has 0 saturated heterocycles. The first kappa shape index (κ1) is 21.5. The van der Waals surface area contributed by atoms with Crippen molar-refractivity contribution < 1.29 is 14.3 Å². The third kappa shape index (κ3) is 4.68. The van der Waals surface area contributed by atoms with Crippen LogP contribution in [0.2, 0.25) is 0 Å². The van der Waals surface area contributed by atoms with Gasteiger partial charge < -0.3 is 10.1 Å². The number of amides is 1. The first-order valence-electron chi connectivity index (χ1n) is 9.52. The van der Waals surface area contributed by atoms with Crippen LogP contribution in [0.1, 0.15) is 49.3 Å². The Labute approximate surface area is 179 Å². The number of hydrogen-bond acceptors (Lipinski definition) is 5. The Kier molecular flexibility index (Phi) is 6.52. The van der Waals surface area contributed by atoms with Crippen molar-refractivity contribution in [2.75, 3.05) is 7.11 Å². The van der Waals surface area contributed by atoms with E-state index in [1.165, 1.54) is 11.5 Å². The normalized spacial score (nSPS) is 10.7. The number of ether oxygens (including phenoxy) is 1. The van der Waals surface area contributed by atoms with Crippen molar-refractivity contribution in [3.05, 3.63) is 85.0 Å². The number of carbonyl (C=O) groups excluding carboxylic acids is 2. The van der Waals surface area contributed by atoms with Gasteiger partial charge in [-0.05, 0) is 44.5 Å². The van der Waals surface area contributed by atoms with Crippen LogP contribution in [0, 0.1) is 13.8 Å². The molecule has 1 amide bonds. The number of ketones is 1. The molecule has 0 unspecified atom stereocenters. The van der Waals surface area contributed by atoms with Gasteiger partial charge in [0.2, 0.25) is 0 Å². The Bertz CT molecular complexity index is 1160. The molecule has 0 fully saturated rings. The smallest absolute Gasteiger partial charge is 0.308 e. The van der Waals surface area contributed by atoms with E-state index in [4.69, 9.17) is 4.74 Å². The fourth-order valence-corrected chi connectivity index (χ4v) is 4.15. The molecule has 1 heterocycles. The number of rotatable bonds is 7. The van der Waals surface area contributed by atoms with Crippen molar-refractivity contribution in [2.45, 2.75) is 33.9 Å². The molecule has 1 aromatic heterocycles. The van der Waals surface area contributed by atoms with Crippen LogP contribution < -0.4 is 14.9 Å². The van der Waals surface area contributed by atoms with Gasteiger partial charge in [-0.2, -0.15) is 0 Å². The minimum Gasteiger partial charge on any atom is -0.496 e. The monoisotopic (exact) mass is 424 g/mol. The van der Waals surface area contributed by atoms with Crippen molar-refractivity contribution >= 4 is 23.0 Å². The number of nitrogens with one attached hydrogen (secondary N) is 1. The number of Topliss-reactive ketones (excluding diaryl/α,β-unsaturated/α-hetero) is 1. The first-order valence-corrected chi connectivity index (χ1v) is 10.3. The highest BCUT2D eigenvalue weighted by Gasteiger charge is 2.19. The Balaban J connectivity index is 1.84. The molecule has 0 atom stereocenters. The van der Waals surface area contributed by atoms with Crippen LogP contribution in [0.5, 0.6) is 5.75 Å². The number of carbonyl (C=O) groups is 2. The fourth-order valence-electron chi connectivity index (χ4n) is 3.25. The van der Waals surface area contributed by atoms with Crippen LogP contribution in [0.15, 0.2) is 47.3 Å². The van der Waals surface area contributed by atoms with Gasteiger partial charge in [0.05, 0.1) is 13.7 Å². The number of methoxy groups -OCH3 is 1. The molecule has 0 aliphatic carbocycles. The Morgan fingerprint density at radius 2 is 1.90 bits per heavy atom. The molecule has 0 saturated carbocycles. The third-order valence-corrected chi connectivity index (χ3v) is 5.98. The molecule has 30 heavy (non-hydrogen) atoms. The molecule has 0 aliphatic rings. The molecule has 2 aromatic carbocycles. The number of benzene rings is 2. The van der Waals surface area contributed by atoms with Crippen molar-refractivity contribution in [3.63, 3.8) is 0 Å². The summed E-state index contributed by atoms with van der Waals surface area (Å²) in [6.07, 6.45) is 0. The summed E-state index contributed by atoms with van der Waals surface area (Å²) in [6, 6.07) is 13.0. The summed E-state index contributed by atoms with van der Waals surface area (Å²) in [7, 11) is 1.54. The quantitative estimate of drug-likeness (QED) is 0.587. The SMILES string of the molecule is COc1ccc(C(C)=O)cc1Cn1c(C)c(C(=O)NCc2cccc(C)c2)sc1=O. The van der Waals surface area contributed by atoms with Gasteiger partial charge in [-0.25, -0.2) is 0 Å². The molecule has 3 aromatic rings. The van der Waals surface area contributed by atoms with E-state index >= 15 is 0 Å². The summed E-state index contributed by atoms with van der Waals surface area (Å²) in [5.74, 6) is 0.242. The lowest BCUT2D eigenvalue weighted by Gasteiger charge is -2.12. The van der Waals surface area contributed by atoms with E-state index in [9.17, 15) is 14.4 Å². The molecular formula is C23H24N2O4S. The second-order valence-corrected chi connectivity index (χ2v) is 8.08. The maximum Gasteiger partial charge on any atom is 0.308 e. The van der Waals surface area contributed by atoms with E-state index in [0.29, 0.717) is 34.0 Å². The van der Waals surface area contributed by atoms with Crippen LogP contribution >= 0.6 is 11.3 Å². The van der Waals surface area contributed by atoms with E-state index in [1.807, 2.05) is 31.2 Å². The highest BCUT2D eigenvalue weighted by Crippen LogP contribution is 2.23. The zero-order chi connectivity index (χ0) is 21.8. The number of thiazole rings is 1. The van der Waals surface area contributed by atoms with Gasteiger partial charge in [0.15, 0.2) is 5.78 Å². The lowest BCUT2D eigenvalue weighted by Crippen LogP contribution is -2.23. The van der Waals surface area contributed by atoms with Gasteiger partial charge in [-0.3, -0.25) is 19.0 Å². The van der Waals surface area contributed by atoms with Crippen molar-refractivity contribution in [3.8, 4) is 5.75 Å². The van der Waals surface area contributed by atoms with Crippen LogP contribution in [0.4, 0.5) is 0 Å². The predicted molar refractivity (Wildman–Crippen MR) is 118 cm³/mol. The Hall–Kier alpha value is -3.19. The molecule has 0 aliphatic heterocycles. The van der Waals surface area contributed by atoms with Crippen LogP contribution in [-0.4, -0.2) is 23.4 Å². The molecule has 0 bridgehead atoms. The van der Waals surface area contributed by atoms with E-state index < -0.39 is 0 Å². The predicted octanol–water partition coefficient (Wildman–Crippen LogP) is 3.72. The summed E-state index contributed by atoms with van der Waals surface area (Å²) in [4.78, 5) is 37.2. The number of hydrogen-bond donors (Lipinski definition) is 1. The molecule has 156 valence electrons. The van der Waals surface area contributed by atoms with Gasteiger partial charge in [0.1, 0.15) is 10.6 Å². The summed E-state index contributed by atoms with van der Waals surface area (Å²) >= 11 is 0.918. The van der Waals surface area contributed by atoms with Crippen molar-refractivity contribution in [1.82, 2.24) is 9.88 Å². The molecule has 7 heteroatoms. The van der Waals surface area contributed by atoms with Gasteiger partial charge in [0.25, 0.3) is 5.91 Å². The second kappa shape index (κ2) is 9.09. The number of aryl methyl sites for hydroxylation is 1. The minimum absolute atomic E-state index is 0.0653. The summed E-state index contributed by atoms with van der Waals surface area (Å²) in [5, 5.41) is 2.88. The van der Waals surface area contributed by atoms with Crippen LogP contribution in [0.3, 0.4) is 0 Å².